The number of fused-ring (bicyclic) bond motifs is 5. The summed E-state index contributed by atoms with van der Waals surface area (Å²) in [5.41, 5.74) is 8.76. The third-order valence-corrected chi connectivity index (χ3v) is 11.2. The Labute approximate surface area is 338 Å². The summed E-state index contributed by atoms with van der Waals surface area (Å²) in [6, 6.07) is 64.5. The van der Waals surface area contributed by atoms with Crippen molar-refractivity contribution < 1.29 is 0 Å². The van der Waals surface area contributed by atoms with Crippen LogP contribution in [0.5, 0.6) is 0 Å². The minimum absolute atomic E-state index is 0.604. The number of hydrogen-bond donors (Lipinski definition) is 0. The van der Waals surface area contributed by atoms with Gasteiger partial charge in [-0.1, -0.05) is 170 Å². The highest BCUT2D eigenvalue weighted by Gasteiger charge is 2.25. The lowest BCUT2D eigenvalue weighted by molar-refractivity contribution is 1.07. The molecule has 12 rings (SSSR count). The third kappa shape index (κ3) is 5.29. The van der Waals surface area contributed by atoms with Crippen LogP contribution in [0.2, 0.25) is 0 Å². The van der Waals surface area contributed by atoms with Gasteiger partial charge in [0.25, 0.3) is 0 Å². The molecule has 0 saturated heterocycles. The van der Waals surface area contributed by atoms with Crippen LogP contribution in [0.3, 0.4) is 0 Å². The van der Waals surface area contributed by atoms with Gasteiger partial charge < -0.3 is 4.40 Å². The number of pyridine rings is 1. The van der Waals surface area contributed by atoms with Gasteiger partial charge in [0.2, 0.25) is 0 Å². The molecule has 0 radical (unpaired) electrons. The maximum absolute atomic E-state index is 5.23. The van der Waals surface area contributed by atoms with Gasteiger partial charge in [0.05, 0.1) is 16.6 Å². The summed E-state index contributed by atoms with van der Waals surface area (Å²) in [5.74, 6) is 3.70. The fourth-order valence-electron chi connectivity index (χ4n) is 8.61. The Balaban J connectivity index is 1.21. The van der Waals surface area contributed by atoms with Gasteiger partial charge in [-0.3, -0.25) is 0 Å². The highest BCUT2D eigenvalue weighted by molar-refractivity contribution is 6.30. The van der Waals surface area contributed by atoms with Crippen molar-refractivity contribution >= 4 is 48.9 Å². The number of nitrogens with zero attached hydrogens (tertiary/aromatic N) is 7. The standard InChI is InChI=1S/C52H31N7/c1-5-16-33(17-6-1)47-53-48(34-18-7-2-8-19-34)56-51(55-47)40-31-30-38-37-26-15-28-41(45(37)59-42-29-14-25-32-24-13-27-39(43(32)42)44(40)46(38)59)52-57-49(35-20-9-3-10-21-35)54-50(58-52)36-22-11-4-12-23-36/h1-31H. The molecule has 0 atom stereocenters. The van der Waals surface area contributed by atoms with E-state index in [0.29, 0.717) is 34.9 Å². The minimum Gasteiger partial charge on any atom is -0.307 e. The second-order valence-electron chi connectivity index (χ2n) is 14.7. The van der Waals surface area contributed by atoms with Crippen molar-refractivity contribution in [1.29, 1.82) is 0 Å². The first kappa shape index (κ1) is 33.0. The van der Waals surface area contributed by atoms with Gasteiger partial charge in [-0.15, -0.1) is 0 Å². The second-order valence-corrected chi connectivity index (χ2v) is 14.7. The molecule has 0 fully saturated rings. The zero-order chi connectivity index (χ0) is 38.9. The molecule has 8 aromatic carbocycles. The van der Waals surface area contributed by atoms with Gasteiger partial charge in [0.1, 0.15) is 0 Å². The molecule has 7 nitrogen and oxygen atoms in total. The van der Waals surface area contributed by atoms with Crippen molar-refractivity contribution in [1.82, 2.24) is 34.3 Å². The van der Waals surface area contributed by atoms with Crippen molar-refractivity contribution in [3.05, 3.63) is 188 Å². The van der Waals surface area contributed by atoms with Gasteiger partial charge >= 0.3 is 0 Å². The Morgan fingerprint density at radius 1 is 0.271 bits per heavy atom. The third-order valence-electron chi connectivity index (χ3n) is 11.2. The summed E-state index contributed by atoms with van der Waals surface area (Å²) in [4.78, 5) is 30.9. The lowest BCUT2D eigenvalue weighted by Gasteiger charge is -2.16. The van der Waals surface area contributed by atoms with E-state index in [4.69, 9.17) is 29.9 Å². The monoisotopic (exact) mass is 753 g/mol. The molecule has 0 unspecified atom stereocenters. The lowest BCUT2D eigenvalue weighted by Crippen LogP contribution is -2.02. The molecule has 4 aromatic heterocycles. The van der Waals surface area contributed by atoms with Gasteiger partial charge in [-0.2, -0.15) is 0 Å². The first-order chi connectivity index (χ1) is 29.3. The fourth-order valence-corrected chi connectivity index (χ4v) is 8.61. The Kier molecular flexibility index (Phi) is 7.40. The molecule has 59 heavy (non-hydrogen) atoms. The van der Waals surface area contributed by atoms with E-state index in [2.05, 4.69) is 71.1 Å². The Bertz CT molecular complexity index is 3410. The topological polar surface area (TPSA) is 81.8 Å². The molecule has 0 spiro atoms. The highest BCUT2D eigenvalue weighted by Crippen LogP contribution is 2.46. The van der Waals surface area contributed by atoms with Crippen molar-refractivity contribution in [2.75, 3.05) is 0 Å². The van der Waals surface area contributed by atoms with Crippen molar-refractivity contribution in [3.8, 4) is 68.3 Å². The molecular formula is C52H31N7. The normalized spacial score (nSPS) is 11.7. The largest absolute Gasteiger partial charge is 0.307 e. The van der Waals surface area contributed by atoms with Crippen LogP contribution in [0.15, 0.2) is 188 Å². The molecule has 4 heterocycles. The molecule has 0 N–H and O–H groups in total. The van der Waals surface area contributed by atoms with Crippen LogP contribution in [0.4, 0.5) is 0 Å². The van der Waals surface area contributed by atoms with E-state index in [1.54, 1.807) is 0 Å². The summed E-state index contributed by atoms with van der Waals surface area (Å²) in [5, 5.41) is 6.74. The maximum atomic E-state index is 5.23. The summed E-state index contributed by atoms with van der Waals surface area (Å²) in [6.45, 7) is 0. The SMILES string of the molecule is c1ccc(-c2nc(-c3ccccc3)nc(-c3ccc4c5cccc(-c6nc(-c7ccccc7)nc(-c7ccccc7)n6)c5n5c6cccc7cccc(c3c45)c76)n2)cc1. The summed E-state index contributed by atoms with van der Waals surface area (Å²) >= 11 is 0. The average molecular weight is 754 g/mol. The Morgan fingerprint density at radius 3 is 1.22 bits per heavy atom. The Morgan fingerprint density at radius 2 is 0.695 bits per heavy atom. The van der Waals surface area contributed by atoms with Crippen molar-refractivity contribution in [3.63, 3.8) is 0 Å². The predicted molar refractivity (Wildman–Crippen MR) is 238 cm³/mol. The molecule has 0 aliphatic heterocycles. The van der Waals surface area contributed by atoms with Crippen molar-refractivity contribution in [2.24, 2.45) is 0 Å². The molecule has 0 aliphatic rings. The number of hydrogen-bond acceptors (Lipinski definition) is 6. The lowest BCUT2D eigenvalue weighted by atomic mass is 9.95. The molecule has 7 heteroatoms. The van der Waals surface area contributed by atoms with Crippen LogP contribution in [0.1, 0.15) is 0 Å². The number of rotatable bonds is 6. The Hall–Kier alpha value is -8.16. The van der Waals surface area contributed by atoms with Crippen LogP contribution in [0.25, 0.3) is 117 Å². The van der Waals surface area contributed by atoms with E-state index >= 15 is 0 Å². The van der Waals surface area contributed by atoms with E-state index < -0.39 is 0 Å². The molecule has 274 valence electrons. The number of benzene rings is 8. The van der Waals surface area contributed by atoms with Crippen LogP contribution in [-0.4, -0.2) is 34.3 Å². The summed E-state index contributed by atoms with van der Waals surface area (Å²) in [7, 11) is 0. The predicted octanol–water partition coefficient (Wildman–Crippen LogP) is 12.4. The summed E-state index contributed by atoms with van der Waals surface area (Å²) in [6.07, 6.45) is 0. The van der Waals surface area contributed by atoms with Gasteiger partial charge in [-0.05, 0) is 29.0 Å². The molecule has 0 saturated carbocycles. The zero-order valence-electron chi connectivity index (χ0n) is 31.5. The number of aromatic nitrogens is 7. The first-order valence-corrected chi connectivity index (χ1v) is 19.6. The summed E-state index contributed by atoms with van der Waals surface area (Å²) < 4.78 is 2.42. The maximum Gasteiger partial charge on any atom is 0.166 e. The van der Waals surface area contributed by atoms with E-state index in [1.165, 1.54) is 0 Å². The molecule has 0 aliphatic carbocycles. The number of para-hydroxylation sites is 1. The molecular weight excluding hydrogens is 723 g/mol. The molecule has 0 amide bonds. The van der Waals surface area contributed by atoms with E-state index in [-0.39, 0.29) is 0 Å². The van der Waals surface area contributed by atoms with E-state index in [9.17, 15) is 0 Å². The van der Waals surface area contributed by atoms with E-state index in [0.717, 1.165) is 82.2 Å². The smallest absolute Gasteiger partial charge is 0.166 e. The quantitative estimate of drug-likeness (QED) is 0.124. The average Bonchev–Trinajstić information content (AvgIpc) is 3.66. The van der Waals surface area contributed by atoms with Gasteiger partial charge in [0, 0.05) is 54.9 Å². The molecule has 12 aromatic rings. The van der Waals surface area contributed by atoms with Crippen LogP contribution < -0.4 is 0 Å². The highest BCUT2D eigenvalue weighted by atomic mass is 15.0. The zero-order valence-corrected chi connectivity index (χ0v) is 31.5. The first-order valence-electron chi connectivity index (χ1n) is 19.6. The molecule has 0 bridgehead atoms. The van der Waals surface area contributed by atoms with Crippen LogP contribution in [-0.2, 0) is 0 Å². The van der Waals surface area contributed by atoms with Crippen molar-refractivity contribution in [2.45, 2.75) is 0 Å². The van der Waals surface area contributed by atoms with Crippen LogP contribution >= 0.6 is 0 Å². The van der Waals surface area contributed by atoms with Gasteiger partial charge in [0.15, 0.2) is 34.9 Å². The van der Waals surface area contributed by atoms with Gasteiger partial charge in [-0.25, -0.2) is 29.9 Å². The second kappa shape index (κ2) is 13.2. The fraction of sp³-hybridized carbons (Fsp3) is 0. The van der Waals surface area contributed by atoms with E-state index in [1.807, 2.05) is 121 Å². The minimum atomic E-state index is 0.604. The van der Waals surface area contributed by atoms with Crippen LogP contribution in [0, 0.1) is 0 Å².